The van der Waals surface area contributed by atoms with Crippen molar-refractivity contribution in [2.24, 2.45) is 10.4 Å². The number of carbonyl (C=O) groups is 4. The number of nitriles is 1. The summed E-state index contributed by atoms with van der Waals surface area (Å²) in [7, 11) is 0. The smallest absolute Gasteiger partial charge is 0.417 e. The van der Waals surface area contributed by atoms with Crippen LogP contribution in [-0.4, -0.2) is 115 Å². The van der Waals surface area contributed by atoms with Gasteiger partial charge in [-0.15, -0.1) is 11.8 Å². The summed E-state index contributed by atoms with van der Waals surface area (Å²) in [4.78, 5) is 63.1. The monoisotopic (exact) mass is 1060 g/mol. The molecule has 0 saturated carbocycles. The number of benzene rings is 4. The molecule has 0 unspecified atom stereocenters. The number of aliphatic imine (C=N–C) groups is 1. The average molecular weight is 1060 g/mol. The lowest BCUT2D eigenvalue weighted by Gasteiger charge is -2.35. The number of aliphatic hydroxyl groups excluding tert-OH is 1. The van der Waals surface area contributed by atoms with Crippen molar-refractivity contribution in [2.45, 2.75) is 84.4 Å². The zero-order valence-corrected chi connectivity index (χ0v) is 43.9. The standard InChI is InChI=1S/C54H60F3N7O8S2/c1-33(59-7)46(74-8)37-11-9-34(10-12-37)30-60-48(67)44-28-41(65)31-62(44)49(68)47(52(2,3)4)61-45(66)32-71-24-23-70-25-26-72-42-21-16-36(17-22-42)35-13-18-39(19-14-35)64-51(73)63(50(69)53(64,5)6)40-20-15-38(29-58)43(27-40)54(55,56)57/h9-22,27,41,44,47,65H,7,23-26,28,30-32H2,1-6,8H3,(H,60,67)(H,61,66)/b46-33-/t41-,44+,47-/m1/s1. The van der Waals surface area contributed by atoms with Gasteiger partial charge in [-0.3, -0.25) is 29.1 Å². The summed E-state index contributed by atoms with van der Waals surface area (Å²) in [5, 5.41) is 25.5. The van der Waals surface area contributed by atoms with Gasteiger partial charge >= 0.3 is 6.18 Å². The number of nitrogens with zero attached hydrogens (tertiary/aromatic N) is 5. The van der Waals surface area contributed by atoms with Crippen LogP contribution >= 0.6 is 24.0 Å². The third-order valence-electron chi connectivity index (χ3n) is 12.5. The highest BCUT2D eigenvalue weighted by Gasteiger charge is 2.51. The van der Waals surface area contributed by atoms with E-state index >= 15 is 0 Å². The minimum atomic E-state index is -4.81. The Morgan fingerprint density at radius 2 is 1.55 bits per heavy atom. The number of carbonyl (C=O) groups excluding carboxylic acids is 4. The van der Waals surface area contributed by atoms with Crippen LogP contribution in [-0.2, 0) is 41.4 Å². The van der Waals surface area contributed by atoms with Gasteiger partial charge in [0.05, 0.1) is 54.5 Å². The van der Waals surface area contributed by atoms with Crippen molar-refractivity contribution >= 4 is 75.7 Å². The van der Waals surface area contributed by atoms with Crippen LogP contribution in [0.1, 0.15) is 70.2 Å². The maximum atomic E-state index is 14.0. The quantitative estimate of drug-likeness (QED) is 0.0439. The van der Waals surface area contributed by atoms with E-state index < -0.39 is 70.1 Å². The molecule has 2 aliphatic rings. The topological polar surface area (TPSA) is 186 Å². The van der Waals surface area contributed by atoms with Crippen LogP contribution in [0.5, 0.6) is 5.75 Å². The van der Waals surface area contributed by atoms with Crippen LogP contribution < -0.4 is 25.2 Å². The molecule has 74 heavy (non-hydrogen) atoms. The summed E-state index contributed by atoms with van der Waals surface area (Å²) < 4.78 is 58.3. The van der Waals surface area contributed by atoms with Gasteiger partial charge in [-0.05, 0) is 116 Å². The lowest BCUT2D eigenvalue weighted by molar-refractivity contribution is -0.144. The molecular formula is C54H60F3N7O8S2. The zero-order chi connectivity index (χ0) is 54.1. The van der Waals surface area contributed by atoms with E-state index in [9.17, 15) is 42.7 Å². The third kappa shape index (κ3) is 13.4. The SMILES string of the molecule is C=N/C(C)=C(\SC)c1ccc(CNC(=O)[C@@H]2C[C@@H](O)CN2C(=O)[C@@H](NC(=O)COCCOCCOc2ccc(-c3ccc(N4C(=S)N(c5ccc(C#N)c(C(F)(F)F)c5)C(=O)C4(C)C)cc3)cc2)C(C)(C)C)cc1. The van der Waals surface area contributed by atoms with Crippen LogP contribution in [0.25, 0.3) is 16.0 Å². The molecule has 0 spiro atoms. The Morgan fingerprint density at radius 3 is 2.15 bits per heavy atom. The van der Waals surface area contributed by atoms with Gasteiger partial charge in [0.1, 0.15) is 36.6 Å². The van der Waals surface area contributed by atoms with Crippen LogP contribution in [0.15, 0.2) is 102 Å². The summed E-state index contributed by atoms with van der Waals surface area (Å²) >= 11 is 7.23. The fourth-order valence-electron chi connectivity index (χ4n) is 8.56. The fraction of sp³-hybridized carbons (Fsp3) is 0.389. The van der Waals surface area contributed by atoms with Gasteiger partial charge in [-0.2, -0.15) is 18.4 Å². The van der Waals surface area contributed by atoms with E-state index in [1.807, 2.05) is 61.7 Å². The summed E-state index contributed by atoms with van der Waals surface area (Å²) in [5.41, 5.74) is 1.13. The third-order valence-corrected chi connectivity index (χ3v) is 13.8. The molecule has 392 valence electrons. The molecule has 2 aliphatic heterocycles. The molecule has 3 atom stereocenters. The Labute approximate surface area is 438 Å². The van der Waals surface area contributed by atoms with Crippen LogP contribution in [0.2, 0.25) is 0 Å². The molecule has 0 aliphatic carbocycles. The molecule has 2 saturated heterocycles. The number of β-amino-alcohol motifs (C(OH)–C–C–N with tert-alkyl or cyclic N) is 1. The first kappa shape index (κ1) is 56.7. The van der Waals surface area contributed by atoms with Crippen molar-refractivity contribution in [2.75, 3.05) is 55.6 Å². The minimum Gasteiger partial charge on any atom is -0.491 e. The van der Waals surface area contributed by atoms with Gasteiger partial charge in [0, 0.05) is 30.1 Å². The normalized spacial score (nSPS) is 17.4. The van der Waals surface area contributed by atoms with Crippen molar-refractivity contribution in [3.05, 3.63) is 119 Å². The second-order valence-electron chi connectivity index (χ2n) is 19.2. The van der Waals surface area contributed by atoms with Crippen molar-refractivity contribution < 1.29 is 51.7 Å². The zero-order valence-electron chi connectivity index (χ0n) is 42.2. The number of thioether (sulfide) groups is 1. The average Bonchev–Trinajstić information content (AvgIpc) is 3.84. The predicted molar refractivity (Wildman–Crippen MR) is 283 cm³/mol. The van der Waals surface area contributed by atoms with Crippen LogP contribution in [0.4, 0.5) is 24.5 Å². The van der Waals surface area contributed by atoms with Gasteiger partial charge < -0.3 is 39.8 Å². The molecule has 4 aromatic carbocycles. The van der Waals surface area contributed by atoms with E-state index in [4.69, 9.17) is 26.4 Å². The first-order valence-electron chi connectivity index (χ1n) is 23.7. The highest BCUT2D eigenvalue weighted by atomic mass is 32.2. The molecule has 6 rings (SSSR count). The van der Waals surface area contributed by atoms with Crippen molar-refractivity contribution in [3.8, 4) is 22.9 Å². The summed E-state index contributed by atoms with van der Waals surface area (Å²) in [6, 6.07) is 25.0. The Kier molecular flexibility index (Phi) is 18.5. The molecule has 0 bridgehead atoms. The number of anilines is 2. The summed E-state index contributed by atoms with van der Waals surface area (Å²) in [6.45, 7) is 14.7. The van der Waals surface area contributed by atoms with Gasteiger partial charge in [0.25, 0.3) is 5.91 Å². The minimum absolute atomic E-state index is 0.00292. The molecule has 2 heterocycles. The Bertz CT molecular complexity index is 2790. The van der Waals surface area contributed by atoms with E-state index in [0.717, 1.165) is 49.9 Å². The van der Waals surface area contributed by atoms with Crippen LogP contribution in [0, 0.1) is 16.7 Å². The summed E-state index contributed by atoms with van der Waals surface area (Å²) in [6.07, 6.45) is -3.69. The number of aliphatic hydroxyl groups is 1. The molecule has 0 radical (unpaired) electrons. The van der Waals surface area contributed by atoms with E-state index in [0.29, 0.717) is 11.4 Å². The Hall–Kier alpha value is -6.63. The number of alkyl halides is 3. The number of hydrogen-bond acceptors (Lipinski definition) is 12. The highest BCUT2D eigenvalue weighted by molar-refractivity contribution is 8.07. The lowest BCUT2D eigenvalue weighted by atomic mass is 9.85. The molecule has 2 fully saturated rings. The van der Waals surface area contributed by atoms with Gasteiger partial charge in [-0.25, -0.2) is 0 Å². The molecule has 0 aromatic heterocycles. The second-order valence-corrected chi connectivity index (χ2v) is 20.4. The number of hydrogen-bond donors (Lipinski definition) is 3. The Balaban J connectivity index is 0.920. The number of allylic oxidation sites excluding steroid dienone is 1. The Morgan fingerprint density at radius 1 is 0.946 bits per heavy atom. The molecule has 15 nitrogen and oxygen atoms in total. The van der Waals surface area contributed by atoms with Gasteiger partial charge in [0.2, 0.25) is 17.7 Å². The van der Waals surface area contributed by atoms with Crippen LogP contribution in [0.3, 0.4) is 0 Å². The van der Waals surface area contributed by atoms with E-state index in [2.05, 4.69) is 22.3 Å². The van der Waals surface area contributed by atoms with Gasteiger partial charge in [0.15, 0.2) is 5.11 Å². The van der Waals surface area contributed by atoms with Crippen molar-refractivity contribution in [1.82, 2.24) is 15.5 Å². The summed E-state index contributed by atoms with van der Waals surface area (Å²) in [5.74, 6) is -1.35. The molecule has 4 aromatic rings. The highest BCUT2D eigenvalue weighted by Crippen LogP contribution is 2.40. The lowest BCUT2D eigenvalue weighted by Crippen LogP contribution is -2.58. The first-order chi connectivity index (χ1) is 35.0. The second kappa shape index (κ2) is 24.1. The van der Waals surface area contributed by atoms with E-state index in [1.165, 1.54) is 11.0 Å². The molecular weight excluding hydrogens is 996 g/mol. The number of thiocarbonyl (C=S) groups is 1. The first-order valence-corrected chi connectivity index (χ1v) is 25.3. The number of rotatable bonds is 20. The van der Waals surface area contributed by atoms with E-state index in [1.54, 1.807) is 81.6 Å². The molecule has 3 N–H and O–H groups in total. The predicted octanol–water partition coefficient (Wildman–Crippen LogP) is 8.13. The molecule has 4 amide bonds. The fourth-order valence-corrected chi connectivity index (χ4v) is 9.81. The number of ether oxygens (including phenoxy) is 3. The van der Waals surface area contributed by atoms with Gasteiger partial charge in [-0.1, -0.05) is 69.3 Å². The number of amides is 4. The van der Waals surface area contributed by atoms with Crippen molar-refractivity contribution in [3.63, 3.8) is 0 Å². The number of likely N-dealkylation sites (tertiary alicyclic amines) is 1. The number of nitrogens with one attached hydrogen (secondary N) is 2. The maximum Gasteiger partial charge on any atom is 0.417 e. The molecule has 20 heteroatoms. The number of halogens is 3. The van der Waals surface area contributed by atoms with Crippen molar-refractivity contribution in [1.29, 1.82) is 5.26 Å². The maximum absolute atomic E-state index is 14.0. The largest absolute Gasteiger partial charge is 0.491 e. The van der Waals surface area contributed by atoms with E-state index in [-0.39, 0.29) is 63.3 Å².